The highest BCUT2D eigenvalue weighted by molar-refractivity contribution is 5.68. The highest BCUT2D eigenvalue weighted by atomic mass is 16.6. The number of likely N-dealkylation sites (tertiary alicyclic amines) is 1. The summed E-state index contributed by atoms with van der Waals surface area (Å²) in [6.45, 7) is 13.6. The number of hydrogen-bond donors (Lipinski definition) is 1. The fourth-order valence-corrected chi connectivity index (χ4v) is 4.15. The molecule has 2 unspecified atom stereocenters. The minimum Gasteiger partial charge on any atom is -0.444 e. The van der Waals surface area contributed by atoms with Gasteiger partial charge in [0.05, 0.1) is 11.7 Å². The quantitative estimate of drug-likeness (QED) is 0.892. The first kappa shape index (κ1) is 18.2. The van der Waals surface area contributed by atoms with Crippen molar-refractivity contribution in [2.24, 2.45) is 0 Å². The van der Waals surface area contributed by atoms with Crippen molar-refractivity contribution in [3.63, 3.8) is 0 Å². The number of rotatable bonds is 2. The van der Waals surface area contributed by atoms with Crippen LogP contribution in [-0.2, 0) is 4.74 Å². The SMILES string of the molecule is Cc1nn(C2CCN(C(=O)OC(C)(C)C)C2)c(C)c1C1CCCNC1. The molecule has 6 heteroatoms. The molecule has 2 aliphatic heterocycles. The van der Waals surface area contributed by atoms with E-state index in [-0.39, 0.29) is 12.1 Å². The second-order valence-electron chi connectivity index (χ2n) is 8.44. The van der Waals surface area contributed by atoms with Gasteiger partial charge in [-0.3, -0.25) is 4.68 Å². The maximum Gasteiger partial charge on any atom is 0.410 e. The molecular weight excluding hydrogens is 316 g/mol. The highest BCUT2D eigenvalue weighted by Crippen LogP contribution is 2.32. The molecule has 0 radical (unpaired) electrons. The van der Waals surface area contributed by atoms with Gasteiger partial charge in [0.15, 0.2) is 0 Å². The van der Waals surface area contributed by atoms with Crippen LogP contribution < -0.4 is 5.32 Å². The van der Waals surface area contributed by atoms with E-state index in [4.69, 9.17) is 9.84 Å². The van der Waals surface area contributed by atoms with Gasteiger partial charge in [0.25, 0.3) is 0 Å². The smallest absolute Gasteiger partial charge is 0.410 e. The molecule has 0 aromatic carbocycles. The lowest BCUT2D eigenvalue weighted by Gasteiger charge is -2.25. The van der Waals surface area contributed by atoms with Crippen LogP contribution in [0.1, 0.15) is 68.9 Å². The molecule has 0 saturated carbocycles. The van der Waals surface area contributed by atoms with Crippen LogP contribution >= 0.6 is 0 Å². The zero-order valence-electron chi connectivity index (χ0n) is 16.3. The third kappa shape index (κ3) is 4.00. The average Bonchev–Trinajstić information content (AvgIpc) is 3.11. The van der Waals surface area contributed by atoms with Crippen molar-refractivity contribution in [3.05, 3.63) is 17.0 Å². The number of nitrogens with one attached hydrogen (secondary N) is 1. The van der Waals surface area contributed by atoms with Crippen LogP contribution in [0.5, 0.6) is 0 Å². The van der Waals surface area contributed by atoms with Gasteiger partial charge in [0.2, 0.25) is 0 Å². The first-order chi connectivity index (χ1) is 11.8. The molecule has 2 saturated heterocycles. The summed E-state index contributed by atoms with van der Waals surface area (Å²) in [5, 5.41) is 8.35. The summed E-state index contributed by atoms with van der Waals surface area (Å²) in [4.78, 5) is 14.1. The van der Waals surface area contributed by atoms with Crippen molar-refractivity contribution in [1.82, 2.24) is 20.0 Å². The Morgan fingerprint density at radius 1 is 1.28 bits per heavy atom. The van der Waals surface area contributed by atoms with Gasteiger partial charge in [0.1, 0.15) is 5.60 Å². The van der Waals surface area contributed by atoms with Gasteiger partial charge >= 0.3 is 6.09 Å². The Hall–Kier alpha value is -1.56. The number of hydrogen-bond acceptors (Lipinski definition) is 4. The van der Waals surface area contributed by atoms with Gasteiger partial charge in [-0.15, -0.1) is 0 Å². The molecule has 3 heterocycles. The van der Waals surface area contributed by atoms with Crippen LogP contribution in [0.2, 0.25) is 0 Å². The molecule has 2 aliphatic rings. The van der Waals surface area contributed by atoms with Crippen molar-refractivity contribution in [2.75, 3.05) is 26.2 Å². The lowest BCUT2D eigenvalue weighted by molar-refractivity contribution is 0.0288. The summed E-state index contributed by atoms with van der Waals surface area (Å²) in [7, 11) is 0. The summed E-state index contributed by atoms with van der Waals surface area (Å²) >= 11 is 0. The molecule has 1 amide bonds. The maximum atomic E-state index is 12.3. The molecule has 0 aliphatic carbocycles. The Labute approximate surface area is 150 Å². The summed E-state index contributed by atoms with van der Waals surface area (Å²) in [5.41, 5.74) is 3.36. The normalized spacial score (nSPS) is 24.6. The number of ether oxygens (including phenoxy) is 1. The minimum atomic E-state index is -0.450. The lowest BCUT2D eigenvalue weighted by atomic mass is 9.90. The number of amides is 1. The monoisotopic (exact) mass is 348 g/mol. The summed E-state index contributed by atoms with van der Waals surface area (Å²) < 4.78 is 7.67. The maximum absolute atomic E-state index is 12.3. The van der Waals surface area contributed by atoms with E-state index in [9.17, 15) is 4.79 Å². The number of nitrogens with zero attached hydrogens (tertiary/aromatic N) is 3. The standard InChI is InChI=1S/C19H32N4O2/c1-13-17(15-7-6-9-20-11-15)14(2)23(21-13)16-8-10-22(12-16)18(24)25-19(3,4)5/h15-16,20H,6-12H2,1-5H3. The van der Waals surface area contributed by atoms with Crippen LogP contribution in [-0.4, -0.2) is 52.6 Å². The highest BCUT2D eigenvalue weighted by Gasteiger charge is 2.33. The molecule has 1 N–H and O–H groups in total. The molecule has 0 bridgehead atoms. The second-order valence-corrected chi connectivity index (χ2v) is 8.44. The van der Waals surface area contributed by atoms with Crippen LogP contribution in [0.3, 0.4) is 0 Å². The van der Waals surface area contributed by atoms with Crippen molar-refractivity contribution in [3.8, 4) is 0 Å². The van der Waals surface area contributed by atoms with Crippen molar-refractivity contribution >= 4 is 6.09 Å². The summed E-state index contributed by atoms with van der Waals surface area (Å²) in [6.07, 6.45) is 3.18. The number of aryl methyl sites for hydroxylation is 1. The number of carbonyl (C=O) groups excluding carboxylic acids is 1. The van der Waals surface area contributed by atoms with E-state index < -0.39 is 5.60 Å². The van der Waals surface area contributed by atoms with Crippen molar-refractivity contribution in [2.45, 2.75) is 71.4 Å². The van der Waals surface area contributed by atoms with Gasteiger partial charge < -0.3 is 15.0 Å². The summed E-state index contributed by atoms with van der Waals surface area (Å²) in [6, 6.07) is 0.247. The molecule has 2 fully saturated rings. The predicted octanol–water partition coefficient (Wildman–Crippen LogP) is 3.15. The largest absolute Gasteiger partial charge is 0.444 e. The molecule has 2 atom stereocenters. The molecular formula is C19H32N4O2. The number of aromatic nitrogens is 2. The van der Waals surface area contributed by atoms with Gasteiger partial charge in [-0.2, -0.15) is 5.10 Å². The van der Waals surface area contributed by atoms with E-state index in [1.54, 1.807) is 0 Å². The van der Waals surface area contributed by atoms with Crippen LogP contribution in [0.15, 0.2) is 0 Å². The average molecular weight is 348 g/mol. The molecule has 1 aromatic rings. The van der Waals surface area contributed by atoms with E-state index in [2.05, 4.69) is 23.8 Å². The molecule has 1 aromatic heterocycles. The van der Waals surface area contributed by atoms with Gasteiger partial charge in [0, 0.05) is 36.8 Å². The molecule has 140 valence electrons. The van der Waals surface area contributed by atoms with E-state index in [0.717, 1.165) is 31.7 Å². The molecule has 3 rings (SSSR count). The fraction of sp³-hybridized carbons (Fsp3) is 0.789. The Morgan fingerprint density at radius 3 is 2.68 bits per heavy atom. The predicted molar refractivity (Wildman–Crippen MR) is 98.0 cm³/mol. The minimum absolute atomic E-state index is 0.215. The van der Waals surface area contributed by atoms with Gasteiger partial charge in [-0.05, 0) is 60.4 Å². The van der Waals surface area contributed by atoms with Gasteiger partial charge in [-0.1, -0.05) is 0 Å². The Morgan fingerprint density at radius 2 is 2.04 bits per heavy atom. The van der Waals surface area contributed by atoms with Gasteiger partial charge in [-0.25, -0.2) is 4.79 Å². The Balaban J connectivity index is 1.72. The second kappa shape index (κ2) is 6.98. The van der Waals surface area contributed by atoms with E-state index in [0.29, 0.717) is 12.5 Å². The first-order valence-corrected chi connectivity index (χ1v) is 9.50. The van der Waals surface area contributed by atoms with E-state index in [1.807, 2.05) is 25.7 Å². The Kier molecular flexibility index (Phi) is 5.09. The zero-order chi connectivity index (χ0) is 18.2. The Bertz CT molecular complexity index is 626. The molecule has 0 spiro atoms. The topological polar surface area (TPSA) is 59.4 Å². The van der Waals surface area contributed by atoms with E-state index >= 15 is 0 Å². The lowest BCUT2D eigenvalue weighted by Crippen LogP contribution is -2.35. The van der Waals surface area contributed by atoms with Crippen molar-refractivity contribution in [1.29, 1.82) is 0 Å². The van der Waals surface area contributed by atoms with Crippen molar-refractivity contribution < 1.29 is 9.53 Å². The van der Waals surface area contributed by atoms with Crippen LogP contribution in [0, 0.1) is 13.8 Å². The van der Waals surface area contributed by atoms with E-state index in [1.165, 1.54) is 24.1 Å². The first-order valence-electron chi connectivity index (χ1n) is 9.50. The number of carbonyl (C=O) groups is 1. The fourth-order valence-electron chi connectivity index (χ4n) is 4.15. The summed E-state index contributed by atoms with van der Waals surface area (Å²) in [5.74, 6) is 0.561. The van der Waals surface area contributed by atoms with Crippen LogP contribution in [0.4, 0.5) is 4.79 Å². The zero-order valence-corrected chi connectivity index (χ0v) is 16.3. The third-order valence-corrected chi connectivity index (χ3v) is 5.25. The number of piperidine rings is 1. The molecule has 6 nitrogen and oxygen atoms in total. The molecule has 25 heavy (non-hydrogen) atoms. The third-order valence-electron chi connectivity index (χ3n) is 5.25. The van der Waals surface area contributed by atoms with Crippen LogP contribution in [0.25, 0.3) is 0 Å².